The van der Waals surface area contributed by atoms with Gasteiger partial charge in [-0.05, 0) is 42.4 Å². The van der Waals surface area contributed by atoms with Crippen molar-refractivity contribution in [2.24, 2.45) is 5.92 Å². The van der Waals surface area contributed by atoms with Crippen LogP contribution in [0.1, 0.15) is 25.1 Å². The molecule has 3 rings (SSSR count). The van der Waals surface area contributed by atoms with Gasteiger partial charge in [-0.25, -0.2) is 0 Å². The van der Waals surface area contributed by atoms with Crippen molar-refractivity contribution < 1.29 is 10.0 Å². The van der Waals surface area contributed by atoms with Gasteiger partial charge in [-0.3, -0.25) is 0 Å². The normalized spacial score (nSPS) is 17.8. The van der Waals surface area contributed by atoms with E-state index in [-0.39, 0.29) is 0 Å². The molecule has 0 radical (unpaired) electrons. The first-order valence-electron chi connectivity index (χ1n) is 6.81. The summed E-state index contributed by atoms with van der Waals surface area (Å²) in [7, 11) is -1.41. The second kappa shape index (κ2) is 4.55. The number of hydrogen-bond acceptors (Lipinski definition) is 2. The standard InChI is InChI=1S/C15H18BNO2/c1-3-17-14-7-4-10(2)8-13(14)12-6-5-11(16(18)19)9-15(12)17/h4-7,9-10,18-19H,3,8H2,1-2H3. The third-order valence-electron chi connectivity index (χ3n) is 3.96. The summed E-state index contributed by atoms with van der Waals surface area (Å²) in [6, 6.07) is 5.71. The predicted molar refractivity (Wildman–Crippen MR) is 79.3 cm³/mol. The summed E-state index contributed by atoms with van der Waals surface area (Å²) in [6.45, 7) is 5.23. The first kappa shape index (κ1) is 12.5. The molecular weight excluding hydrogens is 237 g/mol. The topological polar surface area (TPSA) is 45.4 Å². The maximum atomic E-state index is 9.32. The van der Waals surface area contributed by atoms with Gasteiger partial charge in [-0.1, -0.05) is 25.1 Å². The summed E-state index contributed by atoms with van der Waals surface area (Å²) < 4.78 is 2.25. The zero-order chi connectivity index (χ0) is 13.6. The van der Waals surface area contributed by atoms with Crippen LogP contribution in [-0.2, 0) is 13.0 Å². The molecule has 1 heterocycles. The van der Waals surface area contributed by atoms with E-state index in [1.807, 2.05) is 12.1 Å². The van der Waals surface area contributed by atoms with Crippen LogP contribution in [0.4, 0.5) is 0 Å². The third-order valence-corrected chi connectivity index (χ3v) is 3.96. The summed E-state index contributed by atoms with van der Waals surface area (Å²) in [6.07, 6.45) is 5.49. The van der Waals surface area contributed by atoms with Gasteiger partial charge in [0.1, 0.15) is 0 Å². The highest BCUT2D eigenvalue weighted by Gasteiger charge is 2.21. The van der Waals surface area contributed by atoms with Crippen LogP contribution < -0.4 is 5.46 Å². The molecule has 2 aromatic rings. The van der Waals surface area contributed by atoms with Crippen molar-refractivity contribution in [1.82, 2.24) is 4.57 Å². The van der Waals surface area contributed by atoms with Crippen LogP contribution in [0, 0.1) is 5.92 Å². The summed E-state index contributed by atoms with van der Waals surface area (Å²) in [4.78, 5) is 0. The second-order valence-corrected chi connectivity index (χ2v) is 5.30. The molecule has 1 unspecified atom stereocenters. The largest absolute Gasteiger partial charge is 0.488 e. The Balaban J connectivity index is 2.29. The van der Waals surface area contributed by atoms with Gasteiger partial charge in [-0.2, -0.15) is 0 Å². The molecule has 0 amide bonds. The lowest BCUT2D eigenvalue weighted by Crippen LogP contribution is -2.29. The number of rotatable bonds is 2. The van der Waals surface area contributed by atoms with Gasteiger partial charge in [-0.15, -0.1) is 0 Å². The van der Waals surface area contributed by atoms with E-state index in [4.69, 9.17) is 0 Å². The highest BCUT2D eigenvalue weighted by molar-refractivity contribution is 6.58. The Labute approximate surface area is 113 Å². The number of hydrogen-bond donors (Lipinski definition) is 2. The number of fused-ring (bicyclic) bond motifs is 3. The minimum absolute atomic E-state index is 0.550. The number of allylic oxidation sites excluding steroid dienone is 1. The zero-order valence-electron chi connectivity index (χ0n) is 11.3. The molecule has 98 valence electrons. The SMILES string of the molecule is CCn1c2c(c3ccc(B(O)O)cc31)CC(C)C=C2. The molecule has 0 aliphatic heterocycles. The van der Waals surface area contributed by atoms with Crippen LogP contribution in [0.3, 0.4) is 0 Å². The smallest absolute Gasteiger partial charge is 0.423 e. The Hall–Kier alpha value is -1.52. The van der Waals surface area contributed by atoms with Crippen molar-refractivity contribution >= 4 is 29.6 Å². The van der Waals surface area contributed by atoms with Gasteiger partial charge in [0.15, 0.2) is 0 Å². The molecule has 1 aromatic heterocycles. The molecule has 19 heavy (non-hydrogen) atoms. The molecule has 4 heteroatoms. The number of aromatic nitrogens is 1. The van der Waals surface area contributed by atoms with Gasteiger partial charge in [0.05, 0.1) is 0 Å². The minimum atomic E-state index is -1.41. The van der Waals surface area contributed by atoms with Crippen molar-refractivity contribution in [2.45, 2.75) is 26.8 Å². The number of aryl methyl sites for hydroxylation is 1. The van der Waals surface area contributed by atoms with Crippen LogP contribution in [0.25, 0.3) is 17.0 Å². The molecule has 0 fully saturated rings. The highest BCUT2D eigenvalue weighted by Crippen LogP contribution is 2.32. The third kappa shape index (κ3) is 1.92. The Morgan fingerprint density at radius 2 is 2.16 bits per heavy atom. The lowest BCUT2D eigenvalue weighted by molar-refractivity contribution is 0.426. The van der Waals surface area contributed by atoms with Crippen molar-refractivity contribution in [3.63, 3.8) is 0 Å². The molecule has 0 saturated heterocycles. The van der Waals surface area contributed by atoms with Crippen LogP contribution >= 0.6 is 0 Å². The van der Waals surface area contributed by atoms with Crippen molar-refractivity contribution in [1.29, 1.82) is 0 Å². The summed E-state index contributed by atoms with van der Waals surface area (Å²) in [5.41, 5.74) is 4.29. The summed E-state index contributed by atoms with van der Waals surface area (Å²) >= 11 is 0. The molecule has 0 spiro atoms. The van der Waals surface area contributed by atoms with E-state index in [1.54, 1.807) is 6.07 Å². The van der Waals surface area contributed by atoms with Gasteiger partial charge >= 0.3 is 7.12 Å². The summed E-state index contributed by atoms with van der Waals surface area (Å²) in [5, 5.41) is 19.9. The molecule has 0 saturated carbocycles. The van der Waals surface area contributed by atoms with Crippen LogP contribution in [0.15, 0.2) is 24.3 Å². The van der Waals surface area contributed by atoms with E-state index >= 15 is 0 Å². The van der Waals surface area contributed by atoms with E-state index < -0.39 is 7.12 Å². The van der Waals surface area contributed by atoms with Crippen molar-refractivity contribution in [3.05, 3.63) is 35.5 Å². The van der Waals surface area contributed by atoms with E-state index in [0.29, 0.717) is 11.4 Å². The van der Waals surface area contributed by atoms with Crippen LogP contribution in [0.5, 0.6) is 0 Å². The number of nitrogens with zero attached hydrogens (tertiary/aromatic N) is 1. The average molecular weight is 255 g/mol. The molecule has 3 nitrogen and oxygen atoms in total. The Bertz CT molecular complexity index is 658. The Morgan fingerprint density at radius 1 is 1.37 bits per heavy atom. The van der Waals surface area contributed by atoms with Gasteiger partial charge in [0.25, 0.3) is 0 Å². The van der Waals surface area contributed by atoms with Gasteiger partial charge in [0.2, 0.25) is 0 Å². The summed E-state index contributed by atoms with van der Waals surface area (Å²) in [5.74, 6) is 0.562. The molecule has 0 bridgehead atoms. The maximum absolute atomic E-state index is 9.32. The predicted octanol–water partition coefficient (Wildman–Crippen LogP) is 1.55. The van der Waals surface area contributed by atoms with E-state index in [0.717, 1.165) is 18.5 Å². The Morgan fingerprint density at radius 3 is 2.84 bits per heavy atom. The molecular formula is C15H18BNO2. The van der Waals surface area contributed by atoms with Crippen molar-refractivity contribution in [2.75, 3.05) is 0 Å². The second-order valence-electron chi connectivity index (χ2n) is 5.30. The fourth-order valence-corrected chi connectivity index (χ4v) is 3.01. The van der Waals surface area contributed by atoms with Gasteiger partial charge in [0, 0.05) is 23.1 Å². The maximum Gasteiger partial charge on any atom is 0.488 e. The van der Waals surface area contributed by atoms with Crippen molar-refractivity contribution in [3.8, 4) is 0 Å². The zero-order valence-corrected chi connectivity index (χ0v) is 11.3. The molecule has 1 aromatic carbocycles. The van der Waals surface area contributed by atoms with E-state index in [1.165, 1.54) is 16.6 Å². The first-order chi connectivity index (χ1) is 9.11. The quantitative estimate of drug-likeness (QED) is 0.799. The number of benzene rings is 1. The highest BCUT2D eigenvalue weighted by atomic mass is 16.4. The fraction of sp³-hybridized carbons (Fsp3) is 0.333. The van der Waals surface area contributed by atoms with E-state index in [9.17, 15) is 10.0 Å². The van der Waals surface area contributed by atoms with Crippen LogP contribution in [-0.4, -0.2) is 21.7 Å². The molecule has 1 atom stereocenters. The monoisotopic (exact) mass is 255 g/mol. The van der Waals surface area contributed by atoms with Crippen LogP contribution in [0.2, 0.25) is 0 Å². The average Bonchev–Trinajstić information content (AvgIpc) is 2.70. The minimum Gasteiger partial charge on any atom is -0.423 e. The Kier molecular flexibility index (Phi) is 2.99. The lowest BCUT2D eigenvalue weighted by atomic mass is 9.80. The van der Waals surface area contributed by atoms with E-state index in [2.05, 4.69) is 30.6 Å². The molecule has 1 aliphatic carbocycles. The van der Waals surface area contributed by atoms with Gasteiger partial charge < -0.3 is 14.6 Å². The molecule has 1 aliphatic rings. The molecule has 2 N–H and O–H groups in total. The first-order valence-corrected chi connectivity index (χ1v) is 6.81. The lowest BCUT2D eigenvalue weighted by Gasteiger charge is -2.14. The fourth-order valence-electron chi connectivity index (χ4n) is 3.01.